The standard InChI is InChI=1S/C9H9NO.C7H7Br/c11-9-6-5-7-3-1-2-4-8(7)10-9;8-6-7-4-2-1-3-5-7/h1-4H,5-6H2,(H,10,11);1-5H,6H2. The fourth-order valence-corrected chi connectivity index (χ4v) is 2.26. The first kappa shape index (κ1) is 13.8. The van der Waals surface area contributed by atoms with Gasteiger partial charge in [-0.05, 0) is 23.6 Å². The van der Waals surface area contributed by atoms with Crippen molar-refractivity contribution in [2.75, 3.05) is 5.32 Å². The van der Waals surface area contributed by atoms with E-state index in [4.69, 9.17) is 0 Å². The van der Waals surface area contributed by atoms with E-state index in [2.05, 4.69) is 39.4 Å². The van der Waals surface area contributed by atoms with Gasteiger partial charge in [-0.2, -0.15) is 0 Å². The van der Waals surface area contributed by atoms with Crippen molar-refractivity contribution in [2.24, 2.45) is 0 Å². The van der Waals surface area contributed by atoms with Crippen LogP contribution in [0.5, 0.6) is 0 Å². The highest BCUT2D eigenvalue weighted by atomic mass is 79.9. The summed E-state index contributed by atoms with van der Waals surface area (Å²) in [6, 6.07) is 18.2. The lowest BCUT2D eigenvalue weighted by molar-refractivity contribution is -0.116. The van der Waals surface area contributed by atoms with E-state index in [1.54, 1.807) is 0 Å². The van der Waals surface area contributed by atoms with Gasteiger partial charge in [-0.3, -0.25) is 4.79 Å². The van der Waals surface area contributed by atoms with Gasteiger partial charge in [0, 0.05) is 17.4 Å². The summed E-state index contributed by atoms with van der Waals surface area (Å²) in [5.41, 5.74) is 3.54. The Hall–Kier alpha value is -1.61. The SMILES string of the molecule is BrCc1ccccc1.O=C1CCc2ccccc2N1. The number of amides is 1. The summed E-state index contributed by atoms with van der Waals surface area (Å²) in [6.07, 6.45) is 1.50. The molecule has 0 saturated heterocycles. The molecule has 0 spiro atoms. The third-order valence-corrected chi connectivity index (χ3v) is 3.56. The summed E-state index contributed by atoms with van der Waals surface area (Å²) < 4.78 is 0. The molecule has 1 aliphatic heterocycles. The van der Waals surface area contributed by atoms with Crippen molar-refractivity contribution >= 4 is 27.5 Å². The maximum atomic E-state index is 10.9. The molecule has 0 fully saturated rings. The van der Waals surface area contributed by atoms with Gasteiger partial charge in [0.2, 0.25) is 5.91 Å². The lowest BCUT2D eigenvalue weighted by atomic mass is 10.0. The number of benzene rings is 2. The number of anilines is 1. The van der Waals surface area contributed by atoms with E-state index >= 15 is 0 Å². The molecule has 0 aliphatic carbocycles. The molecule has 1 amide bonds. The van der Waals surface area contributed by atoms with Crippen molar-refractivity contribution < 1.29 is 4.79 Å². The minimum absolute atomic E-state index is 0.128. The zero-order chi connectivity index (χ0) is 13.5. The van der Waals surface area contributed by atoms with Gasteiger partial charge in [-0.15, -0.1) is 0 Å². The molecule has 2 nitrogen and oxygen atoms in total. The number of carbonyl (C=O) groups is 1. The highest BCUT2D eigenvalue weighted by molar-refractivity contribution is 9.08. The van der Waals surface area contributed by atoms with Crippen LogP contribution in [0.2, 0.25) is 0 Å². The van der Waals surface area contributed by atoms with Crippen molar-refractivity contribution in [3.63, 3.8) is 0 Å². The van der Waals surface area contributed by atoms with Crippen LogP contribution in [0.3, 0.4) is 0 Å². The molecule has 1 aliphatic rings. The summed E-state index contributed by atoms with van der Waals surface area (Å²) in [7, 11) is 0. The summed E-state index contributed by atoms with van der Waals surface area (Å²) in [5.74, 6) is 0.128. The number of nitrogens with one attached hydrogen (secondary N) is 1. The summed E-state index contributed by atoms with van der Waals surface area (Å²) in [6.45, 7) is 0. The molecule has 0 aromatic heterocycles. The lowest BCUT2D eigenvalue weighted by Crippen LogP contribution is -2.18. The third kappa shape index (κ3) is 4.21. The average Bonchev–Trinajstić information content (AvgIpc) is 2.48. The molecule has 1 N–H and O–H groups in total. The van der Waals surface area contributed by atoms with Crippen LogP contribution in [-0.4, -0.2) is 5.91 Å². The fraction of sp³-hybridized carbons (Fsp3) is 0.188. The van der Waals surface area contributed by atoms with Gasteiger partial charge in [-0.25, -0.2) is 0 Å². The number of para-hydroxylation sites is 1. The highest BCUT2D eigenvalue weighted by Crippen LogP contribution is 2.20. The number of rotatable bonds is 1. The smallest absolute Gasteiger partial charge is 0.224 e. The van der Waals surface area contributed by atoms with Crippen molar-refractivity contribution in [3.05, 3.63) is 65.7 Å². The predicted octanol–water partition coefficient (Wildman–Crippen LogP) is 4.15. The van der Waals surface area contributed by atoms with Crippen LogP contribution in [0.25, 0.3) is 0 Å². The Morgan fingerprint density at radius 2 is 1.63 bits per heavy atom. The van der Waals surface area contributed by atoms with E-state index in [0.29, 0.717) is 6.42 Å². The van der Waals surface area contributed by atoms with Crippen molar-refractivity contribution in [2.45, 2.75) is 18.2 Å². The Morgan fingerprint density at radius 3 is 2.32 bits per heavy atom. The Labute approximate surface area is 122 Å². The Morgan fingerprint density at radius 1 is 0.947 bits per heavy atom. The van der Waals surface area contributed by atoms with Crippen LogP contribution in [0.1, 0.15) is 17.5 Å². The molecule has 3 heteroatoms. The van der Waals surface area contributed by atoms with Crippen molar-refractivity contribution in [3.8, 4) is 0 Å². The van der Waals surface area contributed by atoms with Gasteiger partial charge in [-0.1, -0.05) is 64.5 Å². The maximum absolute atomic E-state index is 10.9. The maximum Gasteiger partial charge on any atom is 0.224 e. The topological polar surface area (TPSA) is 29.1 Å². The van der Waals surface area contributed by atoms with Crippen LogP contribution < -0.4 is 5.32 Å². The first-order chi connectivity index (χ1) is 9.29. The van der Waals surface area contributed by atoms with Crippen LogP contribution in [0.15, 0.2) is 54.6 Å². The number of hydrogen-bond acceptors (Lipinski definition) is 1. The molecule has 2 aromatic carbocycles. The summed E-state index contributed by atoms with van der Waals surface area (Å²) >= 11 is 3.36. The zero-order valence-electron chi connectivity index (χ0n) is 10.6. The lowest BCUT2D eigenvalue weighted by Gasteiger charge is -2.15. The Balaban J connectivity index is 0.000000148. The molecule has 98 valence electrons. The van der Waals surface area contributed by atoms with E-state index in [1.807, 2.05) is 36.4 Å². The predicted molar refractivity (Wildman–Crippen MR) is 82.5 cm³/mol. The molecule has 2 aromatic rings. The van der Waals surface area contributed by atoms with Gasteiger partial charge in [0.25, 0.3) is 0 Å². The molecular weight excluding hydrogens is 302 g/mol. The minimum Gasteiger partial charge on any atom is -0.326 e. The molecule has 0 unspecified atom stereocenters. The minimum atomic E-state index is 0.128. The van der Waals surface area contributed by atoms with Gasteiger partial charge < -0.3 is 5.32 Å². The monoisotopic (exact) mass is 317 g/mol. The third-order valence-electron chi connectivity index (χ3n) is 2.91. The van der Waals surface area contributed by atoms with Gasteiger partial charge in [0.15, 0.2) is 0 Å². The normalized spacial score (nSPS) is 12.8. The summed E-state index contributed by atoms with van der Waals surface area (Å²) in [4.78, 5) is 10.9. The number of fused-ring (bicyclic) bond motifs is 1. The Bertz CT molecular complexity index is 539. The molecule has 1 heterocycles. The van der Waals surface area contributed by atoms with Gasteiger partial charge >= 0.3 is 0 Å². The largest absolute Gasteiger partial charge is 0.326 e. The number of carbonyl (C=O) groups excluding carboxylic acids is 1. The first-order valence-corrected chi connectivity index (χ1v) is 7.39. The second kappa shape index (κ2) is 7.10. The average molecular weight is 318 g/mol. The van der Waals surface area contributed by atoms with Crippen molar-refractivity contribution in [1.82, 2.24) is 0 Å². The number of halogens is 1. The first-order valence-electron chi connectivity index (χ1n) is 6.27. The van der Waals surface area contributed by atoms with E-state index in [9.17, 15) is 4.79 Å². The summed E-state index contributed by atoms with van der Waals surface area (Å²) in [5, 5.41) is 3.77. The van der Waals surface area contributed by atoms with Gasteiger partial charge in [0.05, 0.1) is 0 Å². The van der Waals surface area contributed by atoms with E-state index in [-0.39, 0.29) is 5.91 Å². The number of aryl methyl sites for hydroxylation is 1. The second-order valence-corrected chi connectivity index (χ2v) is 4.89. The second-order valence-electron chi connectivity index (χ2n) is 4.32. The van der Waals surface area contributed by atoms with E-state index in [0.717, 1.165) is 17.4 Å². The van der Waals surface area contributed by atoms with Crippen LogP contribution >= 0.6 is 15.9 Å². The molecule has 0 atom stereocenters. The fourth-order valence-electron chi connectivity index (χ4n) is 1.89. The molecule has 19 heavy (non-hydrogen) atoms. The Kier molecular flexibility index (Phi) is 5.16. The highest BCUT2D eigenvalue weighted by Gasteiger charge is 2.12. The van der Waals surface area contributed by atoms with Gasteiger partial charge in [0.1, 0.15) is 0 Å². The van der Waals surface area contributed by atoms with Crippen molar-refractivity contribution in [1.29, 1.82) is 0 Å². The van der Waals surface area contributed by atoms with Crippen LogP contribution in [0.4, 0.5) is 5.69 Å². The number of hydrogen-bond donors (Lipinski definition) is 1. The molecule has 3 rings (SSSR count). The molecule has 0 saturated carbocycles. The zero-order valence-corrected chi connectivity index (χ0v) is 12.2. The quantitative estimate of drug-likeness (QED) is 0.786. The molecule has 0 bridgehead atoms. The van der Waals surface area contributed by atoms with Crippen LogP contribution in [0, 0.1) is 0 Å². The molecular formula is C16H16BrNO. The number of alkyl halides is 1. The van der Waals surface area contributed by atoms with E-state index < -0.39 is 0 Å². The van der Waals surface area contributed by atoms with Crippen LogP contribution in [-0.2, 0) is 16.5 Å². The van der Waals surface area contributed by atoms with E-state index in [1.165, 1.54) is 11.1 Å². The molecule has 0 radical (unpaired) electrons.